The van der Waals surface area contributed by atoms with Gasteiger partial charge in [-0.25, -0.2) is 4.68 Å². The minimum absolute atomic E-state index is 0.0534. The molecule has 2 amide bonds. The summed E-state index contributed by atoms with van der Waals surface area (Å²) in [5.41, 5.74) is 1.79. The zero-order valence-electron chi connectivity index (χ0n) is 14.2. The van der Waals surface area contributed by atoms with Gasteiger partial charge in [0.05, 0.1) is 12.7 Å². The lowest BCUT2D eigenvalue weighted by Gasteiger charge is -2.33. The van der Waals surface area contributed by atoms with Gasteiger partial charge in [-0.15, -0.1) is 5.10 Å². The van der Waals surface area contributed by atoms with Crippen LogP contribution in [-0.2, 0) is 16.1 Å². The van der Waals surface area contributed by atoms with E-state index in [0.29, 0.717) is 38.4 Å². The molecule has 3 rings (SSSR count). The normalized spacial score (nSPS) is 14.9. The molecule has 0 saturated carbocycles. The van der Waals surface area contributed by atoms with Gasteiger partial charge < -0.3 is 9.80 Å². The number of aromatic nitrogens is 3. The summed E-state index contributed by atoms with van der Waals surface area (Å²) in [6, 6.07) is 10.00. The second-order valence-electron chi connectivity index (χ2n) is 5.99. The standard InChI is InChI=1S/C18H21N5O2/c1-15(24)21-9-11-22(12-10-21)18(25)8-7-17-14-23(20-19-17)13-16-5-3-2-4-6-16/h2-8,14H,9-13H2,1H3. The van der Waals surface area contributed by atoms with Gasteiger partial charge in [-0.2, -0.15) is 0 Å². The highest BCUT2D eigenvalue weighted by molar-refractivity contribution is 5.91. The molecule has 7 nitrogen and oxygen atoms in total. The van der Waals surface area contributed by atoms with Crippen LogP contribution in [0.25, 0.3) is 6.08 Å². The lowest BCUT2D eigenvalue weighted by atomic mass is 10.2. The van der Waals surface area contributed by atoms with Crippen molar-refractivity contribution >= 4 is 17.9 Å². The Morgan fingerprint density at radius 1 is 1.08 bits per heavy atom. The molecule has 0 radical (unpaired) electrons. The molecule has 0 spiro atoms. The Kier molecular flexibility index (Phi) is 5.23. The molecule has 0 aliphatic carbocycles. The van der Waals surface area contributed by atoms with Gasteiger partial charge in [-0.3, -0.25) is 9.59 Å². The van der Waals surface area contributed by atoms with Crippen LogP contribution in [0.5, 0.6) is 0 Å². The van der Waals surface area contributed by atoms with Gasteiger partial charge in [0.2, 0.25) is 11.8 Å². The molecule has 2 heterocycles. The van der Waals surface area contributed by atoms with Crippen LogP contribution in [-0.4, -0.2) is 62.8 Å². The van der Waals surface area contributed by atoms with Crippen LogP contribution >= 0.6 is 0 Å². The number of hydrogen-bond acceptors (Lipinski definition) is 4. The van der Waals surface area contributed by atoms with E-state index in [4.69, 9.17) is 0 Å². The van der Waals surface area contributed by atoms with Crippen LogP contribution in [0.15, 0.2) is 42.6 Å². The highest BCUT2D eigenvalue weighted by Crippen LogP contribution is 2.06. The van der Waals surface area contributed by atoms with Crippen LogP contribution < -0.4 is 0 Å². The summed E-state index contributed by atoms with van der Waals surface area (Å²) >= 11 is 0. The Bertz CT molecular complexity index is 761. The van der Waals surface area contributed by atoms with E-state index in [0.717, 1.165) is 5.56 Å². The summed E-state index contributed by atoms with van der Waals surface area (Å²) in [6.45, 7) is 4.48. The largest absolute Gasteiger partial charge is 0.339 e. The fraction of sp³-hybridized carbons (Fsp3) is 0.333. The monoisotopic (exact) mass is 339 g/mol. The number of amides is 2. The van der Waals surface area contributed by atoms with E-state index in [-0.39, 0.29) is 11.8 Å². The lowest BCUT2D eigenvalue weighted by Crippen LogP contribution is -2.49. The second-order valence-corrected chi connectivity index (χ2v) is 5.99. The van der Waals surface area contributed by atoms with E-state index in [1.807, 2.05) is 36.5 Å². The predicted octanol–water partition coefficient (Wildman–Crippen LogP) is 1.03. The van der Waals surface area contributed by atoms with Crippen LogP contribution in [0, 0.1) is 0 Å². The average molecular weight is 339 g/mol. The maximum atomic E-state index is 12.2. The number of nitrogens with zero attached hydrogens (tertiary/aromatic N) is 5. The molecule has 0 N–H and O–H groups in total. The molecular formula is C18H21N5O2. The molecule has 1 aliphatic heterocycles. The molecule has 7 heteroatoms. The molecule has 0 atom stereocenters. The molecule has 1 aromatic heterocycles. The van der Waals surface area contributed by atoms with Crippen molar-refractivity contribution in [2.75, 3.05) is 26.2 Å². The van der Waals surface area contributed by atoms with Gasteiger partial charge in [0.1, 0.15) is 5.69 Å². The van der Waals surface area contributed by atoms with Gasteiger partial charge in [-0.1, -0.05) is 35.5 Å². The number of hydrogen-bond donors (Lipinski definition) is 0. The summed E-state index contributed by atoms with van der Waals surface area (Å²) < 4.78 is 1.74. The van der Waals surface area contributed by atoms with E-state index in [2.05, 4.69) is 10.3 Å². The maximum Gasteiger partial charge on any atom is 0.246 e. The van der Waals surface area contributed by atoms with Gasteiger partial charge in [0.15, 0.2) is 0 Å². The van der Waals surface area contributed by atoms with Crippen molar-refractivity contribution in [1.29, 1.82) is 0 Å². The van der Waals surface area contributed by atoms with Crippen molar-refractivity contribution in [3.8, 4) is 0 Å². The third-order valence-electron chi connectivity index (χ3n) is 4.18. The molecule has 0 bridgehead atoms. The molecule has 0 unspecified atom stereocenters. The van der Waals surface area contributed by atoms with E-state index in [1.165, 1.54) is 6.08 Å². The summed E-state index contributed by atoms with van der Waals surface area (Å²) in [4.78, 5) is 27.0. The number of rotatable bonds is 4. The van der Waals surface area contributed by atoms with E-state index in [9.17, 15) is 9.59 Å². The van der Waals surface area contributed by atoms with E-state index in [1.54, 1.807) is 27.5 Å². The Balaban J connectivity index is 1.54. The Morgan fingerprint density at radius 3 is 2.44 bits per heavy atom. The average Bonchev–Trinajstić information content (AvgIpc) is 3.08. The fourth-order valence-corrected chi connectivity index (χ4v) is 2.74. The van der Waals surface area contributed by atoms with Crippen molar-refractivity contribution in [3.63, 3.8) is 0 Å². The Labute approximate surface area is 146 Å². The van der Waals surface area contributed by atoms with Crippen molar-refractivity contribution in [3.05, 3.63) is 53.9 Å². The minimum atomic E-state index is -0.0687. The Morgan fingerprint density at radius 2 is 1.76 bits per heavy atom. The van der Waals surface area contributed by atoms with Crippen LogP contribution in [0.1, 0.15) is 18.2 Å². The Hall–Kier alpha value is -2.96. The van der Waals surface area contributed by atoms with Crippen LogP contribution in [0.4, 0.5) is 0 Å². The summed E-state index contributed by atoms with van der Waals surface area (Å²) in [6.07, 6.45) is 5.00. The number of benzene rings is 1. The first kappa shape index (κ1) is 16.9. The SMILES string of the molecule is CC(=O)N1CCN(C(=O)C=Cc2cn(Cc3ccccc3)nn2)CC1. The molecule has 1 fully saturated rings. The first-order valence-electron chi connectivity index (χ1n) is 8.28. The van der Waals surface area contributed by atoms with Crippen LogP contribution in [0.3, 0.4) is 0 Å². The third-order valence-corrected chi connectivity index (χ3v) is 4.18. The van der Waals surface area contributed by atoms with Gasteiger partial charge >= 0.3 is 0 Å². The zero-order valence-corrected chi connectivity index (χ0v) is 14.2. The highest BCUT2D eigenvalue weighted by atomic mass is 16.2. The van der Waals surface area contributed by atoms with Crippen molar-refractivity contribution in [1.82, 2.24) is 24.8 Å². The number of piperazine rings is 1. The van der Waals surface area contributed by atoms with Crippen LogP contribution in [0.2, 0.25) is 0 Å². The summed E-state index contributed by atoms with van der Waals surface area (Å²) in [5.74, 6) is -0.0153. The quantitative estimate of drug-likeness (QED) is 0.780. The second kappa shape index (κ2) is 7.74. The summed E-state index contributed by atoms with van der Waals surface area (Å²) in [5, 5.41) is 8.14. The number of carbonyl (C=O) groups is 2. The molecule has 2 aromatic rings. The van der Waals surface area contributed by atoms with Gasteiger partial charge in [0, 0.05) is 39.2 Å². The minimum Gasteiger partial charge on any atom is -0.339 e. The number of carbonyl (C=O) groups excluding carboxylic acids is 2. The van der Waals surface area contributed by atoms with Gasteiger partial charge in [-0.05, 0) is 11.6 Å². The molecule has 1 saturated heterocycles. The van der Waals surface area contributed by atoms with Crippen molar-refractivity contribution < 1.29 is 9.59 Å². The zero-order chi connectivity index (χ0) is 17.6. The lowest BCUT2D eigenvalue weighted by molar-refractivity contribution is -0.135. The molecule has 130 valence electrons. The van der Waals surface area contributed by atoms with E-state index < -0.39 is 0 Å². The van der Waals surface area contributed by atoms with Crippen molar-refractivity contribution in [2.45, 2.75) is 13.5 Å². The third kappa shape index (κ3) is 4.53. The first-order chi connectivity index (χ1) is 12.1. The topological polar surface area (TPSA) is 71.3 Å². The molecular weight excluding hydrogens is 318 g/mol. The fourth-order valence-electron chi connectivity index (χ4n) is 2.74. The first-order valence-corrected chi connectivity index (χ1v) is 8.28. The smallest absolute Gasteiger partial charge is 0.246 e. The maximum absolute atomic E-state index is 12.2. The molecule has 1 aromatic carbocycles. The molecule has 1 aliphatic rings. The van der Waals surface area contributed by atoms with Crippen molar-refractivity contribution in [2.24, 2.45) is 0 Å². The van der Waals surface area contributed by atoms with E-state index >= 15 is 0 Å². The van der Waals surface area contributed by atoms with Gasteiger partial charge in [0.25, 0.3) is 0 Å². The predicted molar refractivity (Wildman–Crippen MR) is 93.4 cm³/mol. The highest BCUT2D eigenvalue weighted by Gasteiger charge is 2.20. The summed E-state index contributed by atoms with van der Waals surface area (Å²) in [7, 11) is 0. The molecule has 25 heavy (non-hydrogen) atoms.